The number of hydrogen-bond donors (Lipinski definition) is 3. The highest BCUT2D eigenvalue weighted by Gasteiger charge is 2.28. The summed E-state index contributed by atoms with van der Waals surface area (Å²) >= 11 is 0. The van der Waals surface area contributed by atoms with Gasteiger partial charge >= 0.3 is 12.0 Å². The van der Waals surface area contributed by atoms with Gasteiger partial charge in [-0.15, -0.1) is 0 Å². The summed E-state index contributed by atoms with van der Waals surface area (Å²) in [5.41, 5.74) is 0.289. The molecular weight excluding hydrogens is 390 g/mol. The highest BCUT2D eigenvalue weighted by atomic mass is 16.5. The van der Waals surface area contributed by atoms with E-state index in [4.69, 9.17) is 9.47 Å². The van der Waals surface area contributed by atoms with E-state index in [0.717, 1.165) is 0 Å². The van der Waals surface area contributed by atoms with Crippen LogP contribution >= 0.6 is 0 Å². The summed E-state index contributed by atoms with van der Waals surface area (Å²) in [6.45, 7) is 9.26. The molecule has 0 aliphatic rings. The van der Waals surface area contributed by atoms with E-state index in [-0.39, 0.29) is 17.4 Å². The zero-order valence-corrected chi connectivity index (χ0v) is 18.1. The Bertz CT molecular complexity index is 748. The molecule has 0 radical (unpaired) electrons. The molecule has 1 aromatic carbocycles. The van der Waals surface area contributed by atoms with Crippen LogP contribution in [0.3, 0.4) is 0 Å². The molecule has 166 valence electrons. The summed E-state index contributed by atoms with van der Waals surface area (Å²) in [4.78, 5) is 48.4. The van der Waals surface area contributed by atoms with Crippen molar-refractivity contribution in [3.8, 4) is 5.75 Å². The van der Waals surface area contributed by atoms with Gasteiger partial charge < -0.3 is 20.1 Å². The molecule has 9 heteroatoms. The summed E-state index contributed by atoms with van der Waals surface area (Å²) in [5, 5.41) is 7.22. The molecule has 4 amide bonds. The Labute approximate surface area is 176 Å². The molecule has 0 heterocycles. The first-order valence-electron chi connectivity index (χ1n) is 9.92. The Morgan fingerprint density at radius 3 is 2.30 bits per heavy atom. The molecule has 0 bridgehead atoms. The largest absolute Gasteiger partial charge is 0.493 e. The number of hydrogen-bond acceptors (Lipinski definition) is 6. The zero-order valence-electron chi connectivity index (χ0n) is 18.1. The Hall–Kier alpha value is -3.10. The maximum atomic E-state index is 12.6. The Morgan fingerprint density at radius 1 is 1.03 bits per heavy atom. The predicted molar refractivity (Wildman–Crippen MR) is 111 cm³/mol. The van der Waals surface area contributed by atoms with Crippen molar-refractivity contribution in [3.63, 3.8) is 0 Å². The molecule has 3 N–H and O–H groups in total. The minimum atomic E-state index is -0.977. The number of benzene rings is 1. The lowest BCUT2D eigenvalue weighted by molar-refractivity contribution is -0.151. The van der Waals surface area contributed by atoms with Gasteiger partial charge in [-0.05, 0) is 30.9 Å². The van der Waals surface area contributed by atoms with Gasteiger partial charge in [0, 0.05) is 6.54 Å². The van der Waals surface area contributed by atoms with Crippen molar-refractivity contribution in [1.29, 1.82) is 0 Å². The van der Waals surface area contributed by atoms with Crippen LogP contribution in [-0.2, 0) is 14.3 Å². The maximum Gasteiger partial charge on any atom is 0.329 e. The van der Waals surface area contributed by atoms with Crippen LogP contribution in [-0.4, -0.2) is 49.6 Å². The van der Waals surface area contributed by atoms with Crippen LogP contribution in [0, 0.1) is 11.8 Å². The molecule has 0 aliphatic carbocycles. The van der Waals surface area contributed by atoms with Crippen LogP contribution in [0.2, 0.25) is 0 Å². The fourth-order valence-corrected chi connectivity index (χ4v) is 2.38. The average molecular weight is 421 g/mol. The molecule has 30 heavy (non-hydrogen) atoms. The number of urea groups is 1. The van der Waals surface area contributed by atoms with Crippen molar-refractivity contribution in [1.82, 2.24) is 16.0 Å². The molecular formula is C21H31N3O6. The molecule has 1 rings (SSSR count). The number of imide groups is 1. The highest BCUT2D eigenvalue weighted by molar-refractivity contribution is 5.99. The first-order chi connectivity index (χ1) is 14.1. The molecule has 0 aliphatic heterocycles. The van der Waals surface area contributed by atoms with Gasteiger partial charge in [-0.3, -0.25) is 14.9 Å². The first kappa shape index (κ1) is 24.9. The number of nitrogens with one attached hydrogen (secondary N) is 3. The second kappa shape index (κ2) is 12.5. The van der Waals surface area contributed by atoms with Crippen LogP contribution in [0.1, 0.15) is 45.0 Å². The van der Waals surface area contributed by atoms with Gasteiger partial charge in [0.1, 0.15) is 11.8 Å². The summed E-state index contributed by atoms with van der Waals surface area (Å²) in [5.74, 6) is -1.69. The highest BCUT2D eigenvalue weighted by Crippen LogP contribution is 2.18. The lowest BCUT2D eigenvalue weighted by Crippen LogP contribution is -2.47. The third-order valence-electron chi connectivity index (χ3n) is 3.91. The first-order valence-corrected chi connectivity index (χ1v) is 9.92. The number of rotatable bonds is 10. The van der Waals surface area contributed by atoms with Gasteiger partial charge in [0.2, 0.25) is 0 Å². The standard InChI is InChI=1S/C21H31N3O6/c1-6-29-16-10-8-7-9-15(16)19(26)24-18(14(4)5)20(27)30-12-17(25)23-21(28)22-11-13(2)3/h7-10,13-14,18H,6,11-12H2,1-5H3,(H,24,26)(H2,22,23,25,28)/t18-/m0/s1. The van der Waals surface area contributed by atoms with Gasteiger partial charge in [0.05, 0.1) is 12.2 Å². The molecule has 1 atom stereocenters. The minimum Gasteiger partial charge on any atom is -0.493 e. The van der Waals surface area contributed by atoms with E-state index in [1.807, 2.05) is 13.8 Å². The molecule has 0 spiro atoms. The van der Waals surface area contributed by atoms with E-state index in [9.17, 15) is 19.2 Å². The third-order valence-corrected chi connectivity index (χ3v) is 3.91. The van der Waals surface area contributed by atoms with Crippen LogP contribution in [0.5, 0.6) is 5.75 Å². The summed E-state index contributed by atoms with van der Waals surface area (Å²) < 4.78 is 10.4. The van der Waals surface area contributed by atoms with Crippen molar-refractivity contribution in [2.75, 3.05) is 19.8 Å². The van der Waals surface area contributed by atoms with E-state index in [1.165, 1.54) is 0 Å². The SMILES string of the molecule is CCOc1ccccc1C(=O)N[C@H](C(=O)OCC(=O)NC(=O)NCC(C)C)C(C)C. The van der Waals surface area contributed by atoms with E-state index in [1.54, 1.807) is 45.0 Å². The molecule has 0 aromatic heterocycles. The fourth-order valence-electron chi connectivity index (χ4n) is 2.38. The van der Waals surface area contributed by atoms with Crippen molar-refractivity contribution < 1.29 is 28.7 Å². The maximum absolute atomic E-state index is 12.6. The van der Waals surface area contributed by atoms with Crippen molar-refractivity contribution in [2.24, 2.45) is 11.8 Å². The van der Waals surface area contributed by atoms with E-state index in [2.05, 4.69) is 16.0 Å². The van der Waals surface area contributed by atoms with Gasteiger partial charge in [-0.2, -0.15) is 0 Å². The lowest BCUT2D eigenvalue weighted by atomic mass is 10.0. The van der Waals surface area contributed by atoms with E-state index >= 15 is 0 Å². The summed E-state index contributed by atoms with van der Waals surface area (Å²) in [7, 11) is 0. The normalized spacial score (nSPS) is 11.6. The Morgan fingerprint density at radius 2 is 1.70 bits per heavy atom. The van der Waals surface area contributed by atoms with Crippen LogP contribution < -0.4 is 20.7 Å². The van der Waals surface area contributed by atoms with Crippen LogP contribution in [0.4, 0.5) is 4.79 Å². The van der Waals surface area contributed by atoms with E-state index in [0.29, 0.717) is 18.9 Å². The molecule has 0 unspecified atom stereocenters. The third kappa shape index (κ3) is 8.50. The predicted octanol–water partition coefficient (Wildman–Crippen LogP) is 1.86. The minimum absolute atomic E-state index is 0.229. The summed E-state index contributed by atoms with van der Waals surface area (Å²) in [6.07, 6.45) is 0. The molecule has 9 nitrogen and oxygen atoms in total. The van der Waals surface area contributed by atoms with Gasteiger partial charge in [0.25, 0.3) is 11.8 Å². The van der Waals surface area contributed by atoms with Crippen molar-refractivity contribution in [2.45, 2.75) is 40.7 Å². The molecule has 0 fully saturated rings. The monoisotopic (exact) mass is 421 g/mol. The van der Waals surface area contributed by atoms with Gasteiger partial charge in [0.15, 0.2) is 6.61 Å². The molecule has 0 saturated carbocycles. The number of esters is 1. The number of para-hydroxylation sites is 1. The smallest absolute Gasteiger partial charge is 0.329 e. The fraction of sp³-hybridized carbons (Fsp3) is 0.524. The van der Waals surface area contributed by atoms with Crippen LogP contribution in [0.25, 0.3) is 0 Å². The number of ether oxygens (including phenoxy) is 2. The van der Waals surface area contributed by atoms with Crippen molar-refractivity contribution >= 4 is 23.8 Å². The van der Waals surface area contributed by atoms with E-state index < -0.39 is 36.5 Å². The topological polar surface area (TPSA) is 123 Å². The second-order valence-corrected chi connectivity index (χ2v) is 7.38. The molecule has 1 aromatic rings. The van der Waals surface area contributed by atoms with Crippen molar-refractivity contribution in [3.05, 3.63) is 29.8 Å². The Kier molecular flexibility index (Phi) is 10.4. The lowest BCUT2D eigenvalue weighted by Gasteiger charge is -2.21. The van der Waals surface area contributed by atoms with Crippen LogP contribution in [0.15, 0.2) is 24.3 Å². The number of amides is 4. The zero-order chi connectivity index (χ0) is 22.7. The average Bonchev–Trinajstić information content (AvgIpc) is 2.69. The number of carbonyl (C=O) groups excluding carboxylic acids is 4. The summed E-state index contributed by atoms with van der Waals surface area (Å²) in [6, 6.07) is 5.05. The quantitative estimate of drug-likeness (QED) is 0.496. The number of carbonyl (C=O) groups is 4. The van der Waals surface area contributed by atoms with Gasteiger partial charge in [-0.1, -0.05) is 39.8 Å². The second-order valence-electron chi connectivity index (χ2n) is 7.38. The Balaban J connectivity index is 2.66. The van der Waals surface area contributed by atoms with Gasteiger partial charge in [-0.25, -0.2) is 9.59 Å². The molecule has 0 saturated heterocycles.